The zero-order chi connectivity index (χ0) is 26.1. The van der Waals surface area contributed by atoms with Gasteiger partial charge in [-0.2, -0.15) is 5.26 Å². The fourth-order valence-electron chi connectivity index (χ4n) is 6.72. The van der Waals surface area contributed by atoms with Crippen molar-refractivity contribution >= 4 is 39.9 Å². The lowest BCUT2D eigenvalue weighted by atomic mass is 9.66. The van der Waals surface area contributed by atoms with Crippen molar-refractivity contribution in [3.63, 3.8) is 0 Å². The molecule has 188 valence electrons. The molecule has 0 spiro atoms. The molecule has 3 saturated heterocycles. The van der Waals surface area contributed by atoms with E-state index in [2.05, 4.69) is 6.07 Å². The van der Waals surface area contributed by atoms with Crippen LogP contribution in [-0.2, 0) is 25.6 Å². The second-order valence-electron chi connectivity index (χ2n) is 10.2. The van der Waals surface area contributed by atoms with Crippen molar-refractivity contribution in [2.24, 2.45) is 11.8 Å². The molecule has 4 heterocycles. The third kappa shape index (κ3) is 3.24. The number of hydrogen-bond donors (Lipinski definition) is 0. The van der Waals surface area contributed by atoms with E-state index in [1.807, 2.05) is 31.2 Å². The fraction of sp³-hybridized carbons (Fsp3) is 0.357. The number of imide groups is 1. The van der Waals surface area contributed by atoms with E-state index in [1.54, 1.807) is 25.4 Å². The van der Waals surface area contributed by atoms with Crippen LogP contribution in [0.5, 0.6) is 0 Å². The minimum Gasteiger partial charge on any atom is -0.378 e. The maximum Gasteiger partial charge on any atom is 0.250 e. The standard InChI is InChI=1S/C28H24ClN3O5/c1-27-21(36-2)13-28(37-27,11-12-31-15-17(29)8-10-22(31)33)24-23(27)25(34)32(26(24)35)20-9-7-16(14-30)18-5-3-4-6-19(18)20/h3-10,15,21,23-24H,11-13H2,1-2H3/t21-,23-,24+,27?,28?/m0/s1. The minimum absolute atomic E-state index is 0.209. The first-order chi connectivity index (χ1) is 17.7. The average Bonchev–Trinajstić information content (AvgIpc) is 3.45. The number of anilines is 1. The van der Waals surface area contributed by atoms with Gasteiger partial charge in [-0.1, -0.05) is 35.9 Å². The molecule has 0 radical (unpaired) electrons. The number of ether oxygens (including phenoxy) is 2. The van der Waals surface area contributed by atoms with Crippen molar-refractivity contribution in [2.45, 2.75) is 43.6 Å². The van der Waals surface area contributed by atoms with Crippen molar-refractivity contribution < 1.29 is 19.1 Å². The zero-order valence-electron chi connectivity index (χ0n) is 20.3. The number of carbonyl (C=O) groups excluding carboxylic acids is 2. The first-order valence-electron chi connectivity index (χ1n) is 12.1. The molecule has 3 aromatic rings. The summed E-state index contributed by atoms with van der Waals surface area (Å²) in [5, 5.41) is 11.3. The van der Waals surface area contributed by atoms with Gasteiger partial charge in [-0.15, -0.1) is 0 Å². The van der Waals surface area contributed by atoms with E-state index in [1.165, 1.54) is 21.6 Å². The second kappa shape index (κ2) is 8.25. The lowest BCUT2D eigenvalue weighted by molar-refractivity contribution is -0.135. The number of aryl methyl sites for hydroxylation is 1. The summed E-state index contributed by atoms with van der Waals surface area (Å²) in [5.41, 5.74) is -1.26. The molecule has 0 aliphatic carbocycles. The number of rotatable bonds is 5. The normalized spacial score (nSPS) is 30.2. The van der Waals surface area contributed by atoms with Crippen LogP contribution in [0, 0.1) is 23.2 Å². The largest absolute Gasteiger partial charge is 0.378 e. The highest BCUT2D eigenvalue weighted by atomic mass is 35.5. The van der Waals surface area contributed by atoms with Gasteiger partial charge in [0.15, 0.2) is 0 Å². The molecule has 5 atom stereocenters. The first kappa shape index (κ1) is 23.9. The van der Waals surface area contributed by atoms with Crippen LogP contribution in [0.25, 0.3) is 10.8 Å². The summed E-state index contributed by atoms with van der Waals surface area (Å²) in [6, 6.07) is 15.7. The van der Waals surface area contributed by atoms with E-state index in [9.17, 15) is 19.6 Å². The molecule has 8 nitrogen and oxygen atoms in total. The van der Waals surface area contributed by atoms with Crippen LogP contribution in [0.4, 0.5) is 5.69 Å². The molecular weight excluding hydrogens is 494 g/mol. The lowest BCUT2D eigenvalue weighted by Gasteiger charge is -2.35. The Bertz CT molecular complexity index is 1580. The number of carbonyl (C=O) groups is 2. The number of halogens is 1. The van der Waals surface area contributed by atoms with Crippen LogP contribution in [0.1, 0.15) is 25.3 Å². The molecule has 3 aliphatic rings. The molecule has 2 aromatic carbocycles. The number of nitrogens with zero attached hydrogens (tertiary/aromatic N) is 3. The third-order valence-corrected chi connectivity index (χ3v) is 8.58. The molecule has 0 saturated carbocycles. The van der Waals surface area contributed by atoms with Crippen molar-refractivity contribution in [3.8, 4) is 6.07 Å². The molecule has 1 aromatic heterocycles. The maximum atomic E-state index is 14.1. The monoisotopic (exact) mass is 517 g/mol. The number of benzene rings is 2. The minimum atomic E-state index is -0.997. The van der Waals surface area contributed by atoms with Gasteiger partial charge in [0.05, 0.1) is 45.9 Å². The van der Waals surface area contributed by atoms with Crippen molar-refractivity contribution in [1.82, 2.24) is 4.57 Å². The lowest BCUT2D eigenvalue weighted by Crippen LogP contribution is -2.50. The van der Waals surface area contributed by atoms with Gasteiger partial charge in [0.1, 0.15) is 5.60 Å². The molecule has 2 unspecified atom stereocenters. The zero-order valence-corrected chi connectivity index (χ0v) is 21.1. The Balaban J connectivity index is 1.43. The van der Waals surface area contributed by atoms with Crippen LogP contribution in [0.3, 0.4) is 0 Å². The Morgan fingerprint density at radius 1 is 1.08 bits per heavy atom. The van der Waals surface area contributed by atoms with Gasteiger partial charge in [-0.3, -0.25) is 14.4 Å². The van der Waals surface area contributed by atoms with Crippen LogP contribution < -0.4 is 10.5 Å². The van der Waals surface area contributed by atoms with Crippen LogP contribution in [0.2, 0.25) is 5.02 Å². The van der Waals surface area contributed by atoms with Gasteiger partial charge in [-0.25, -0.2) is 4.90 Å². The summed E-state index contributed by atoms with van der Waals surface area (Å²) < 4.78 is 13.8. The van der Waals surface area contributed by atoms with E-state index in [-0.39, 0.29) is 30.0 Å². The number of pyridine rings is 1. The Morgan fingerprint density at radius 3 is 2.54 bits per heavy atom. The number of nitriles is 1. The van der Waals surface area contributed by atoms with E-state index in [0.717, 1.165) is 0 Å². The highest BCUT2D eigenvalue weighted by Crippen LogP contribution is 2.63. The van der Waals surface area contributed by atoms with Gasteiger partial charge >= 0.3 is 0 Å². The Hall–Kier alpha value is -3.51. The van der Waals surface area contributed by atoms with Crippen molar-refractivity contribution in [3.05, 3.63) is 75.7 Å². The molecule has 3 aliphatic heterocycles. The number of amides is 2. The van der Waals surface area contributed by atoms with E-state index in [0.29, 0.717) is 39.9 Å². The summed E-state index contributed by atoms with van der Waals surface area (Å²) in [6.07, 6.45) is 1.94. The smallest absolute Gasteiger partial charge is 0.250 e. The van der Waals surface area contributed by atoms with E-state index >= 15 is 0 Å². The SMILES string of the molecule is CO[C@H]1CC2(CCn3cc(Cl)ccc3=O)OC1(C)[C@@H]1C(=O)N(c3ccc(C#N)c4ccccc34)C(=O)[C@@H]12. The molecule has 2 amide bonds. The van der Waals surface area contributed by atoms with Crippen LogP contribution in [0.15, 0.2) is 59.5 Å². The molecule has 3 fully saturated rings. The summed E-state index contributed by atoms with van der Waals surface area (Å²) in [7, 11) is 1.58. The van der Waals surface area contributed by atoms with E-state index in [4.69, 9.17) is 21.1 Å². The van der Waals surface area contributed by atoms with Gasteiger partial charge < -0.3 is 14.0 Å². The van der Waals surface area contributed by atoms with Crippen LogP contribution >= 0.6 is 11.6 Å². The quantitative estimate of drug-likeness (QED) is 0.479. The van der Waals surface area contributed by atoms with Gasteiger partial charge in [0, 0.05) is 43.1 Å². The number of fused-ring (bicyclic) bond motifs is 6. The summed E-state index contributed by atoms with van der Waals surface area (Å²) in [5.74, 6) is -2.12. The highest BCUT2D eigenvalue weighted by molar-refractivity contribution is 6.30. The predicted octanol–water partition coefficient (Wildman–Crippen LogP) is 3.67. The topological polar surface area (TPSA) is 102 Å². The second-order valence-corrected chi connectivity index (χ2v) is 10.6. The number of aromatic nitrogens is 1. The Morgan fingerprint density at radius 2 is 1.81 bits per heavy atom. The molecule has 0 N–H and O–H groups in total. The summed E-state index contributed by atoms with van der Waals surface area (Å²) >= 11 is 6.11. The molecule has 9 heteroatoms. The highest BCUT2D eigenvalue weighted by Gasteiger charge is 2.77. The van der Waals surface area contributed by atoms with Crippen LogP contribution in [-0.4, -0.2) is 40.8 Å². The number of methoxy groups -OCH3 is 1. The van der Waals surface area contributed by atoms with E-state index < -0.39 is 23.0 Å². The van der Waals surface area contributed by atoms with Crippen molar-refractivity contribution in [1.29, 1.82) is 5.26 Å². The molecule has 6 rings (SSSR count). The summed E-state index contributed by atoms with van der Waals surface area (Å²) in [4.78, 5) is 41.8. The predicted molar refractivity (Wildman–Crippen MR) is 136 cm³/mol. The Labute approximate surface area is 217 Å². The molecular formula is C28H24ClN3O5. The average molecular weight is 518 g/mol. The third-order valence-electron chi connectivity index (χ3n) is 8.35. The number of hydrogen-bond acceptors (Lipinski definition) is 6. The molecule has 2 bridgehead atoms. The Kier molecular flexibility index (Phi) is 5.32. The first-order valence-corrected chi connectivity index (χ1v) is 12.5. The fourth-order valence-corrected chi connectivity index (χ4v) is 6.90. The van der Waals surface area contributed by atoms with Gasteiger partial charge in [0.25, 0.3) is 5.56 Å². The molecule has 37 heavy (non-hydrogen) atoms. The van der Waals surface area contributed by atoms with Gasteiger partial charge in [-0.05, 0) is 31.5 Å². The maximum absolute atomic E-state index is 14.1. The van der Waals surface area contributed by atoms with Gasteiger partial charge in [0.2, 0.25) is 11.8 Å². The summed E-state index contributed by atoms with van der Waals surface area (Å²) in [6.45, 7) is 2.11. The van der Waals surface area contributed by atoms with Crippen molar-refractivity contribution in [2.75, 3.05) is 12.0 Å².